The minimum atomic E-state index is -0.401. The average Bonchev–Trinajstić information content (AvgIpc) is 3.06. The van der Waals surface area contributed by atoms with Crippen LogP contribution in [0.1, 0.15) is 30.5 Å². The van der Waals surface area contributed by atoms with Crippen molar-refractivity contribution < 1.29 is 19.1 Å². The largest absolute Gasteiger partial charge is 0.490 e. The Hall–Kier alpha value is -4.06. The fourth-order valence-corrected chi connectivity index (χ4v) is 3.94. The molecule has 0 aromatic heterocycles. The van der Waals surface area contributed by atoms with Gasteiger partial charge in [0.1, 0.15) is 5.70 Å². The molecule has 34 heavy (non-hydrogen) atoms. The number of rotatable bonds is 8. The van der Waals surface area contributed by atoms with Gasteiger partial charge in [-0.3, -0.25) is 9.59 Å². The van der Waals surface area contributed by atoms with E-state index in [0.717, 1.165) is 11.1 Å². The third-order valence-corrected chi connectivity index (χ3v) is 5.59. The molecule has 2 amide bonds. The number of carbonyl (C=O) groups excluding carboxylic acids is 2. The van der Waals surface area contributed by atoms with Crippen LogP contribution in [-0.4, -0.2) is 25.0 Å². The molecular weight excluding hydrogens is 428 g/mol. The van der Waals surface area contributed by atoms with Crippen LogP contribution in [0.3, 0.4) is 0 Å². The summed E-state index contributed by atoms with van der Waals surface area (Å²) in [5.41, 5.74) is 4.34. The lowest BCUT2D eigenvalue weighted by molar-refractivity contribution is -0.120. The summed E-state index contributed by atoms with van der Waals surface area (Å²) in [5.74, 6) is 0.431. The highest BCUT2D eigenvalue weighted by molar-refractivity contribution is 6.46. The first kappa shape index (κ1) is 23.1. The van der Waals surface area contributed by atoms with E-state index in [4.69, 9.17) is 9.47 Å². The normalized spacial score (nSPS) is 13.5. The molecule has 0 saturated carbocycles. The summed E-state index contributed by atoms with van der Waals surface area (Å²) in [6.45, 7) is 8.64. The topological polar surface area (TPSA) is 67.9 Å². The number of nitrogens with zero attached hydrogens (tertiary/aromatic N) is 1. The number of benzene rings is 3. The molecule has 0 fully saturated rings. The maximum atomic E-state index is 13.6. The Kier molecular flexibility index (Phi) is 6.68. The molecule has 6 nitrogen and oxygen atoms in total. The summed E-state index contributed by atoms with van der Waals surface area (Å²) in [7, 11) is 0. The zero-order valence-corrected chi connectivity index (χ0v) is 19.8. The van der Waals surface area contributed by atoms with Gasteiger partial charge >= 0.3 is 0 Å². The van der Waals surface area contributed by atoms with E-state index in [-0.39, 0.29) is 11.6 Å². The first-order valence-electron chi connectivity index (χ1n) is 11.4. The predicted molar refractivity (Wildman–Crippen MR) is 134 cm³/mol. The van der Waals surface area contributed by atoms with Crippen molar-refractivity contribution in [2.24, 2.45) is 0 Å². The standard InChI is InChI=1S/C28H28N2O4/c1-5-33-23-16-15-21(17-24(23)34-6-2)29-26-25(20-13-11-18(3)12-14-20)27(31)30(28(26)32)22-10-8-7-9-19(22)4/h7-17,29H,5-6H2,1-4H3. The number of amides is 2. The molecule has 0 bridgehead atoms. The molecule has 1 heterocycles. The number of imide groups is 1. The van der Waals surface area contributed by atoms with Crippen molar-refractivity contribution in [1.82, 2.24) is 0 Å². The van der Waals surface area contributed by atoms with Gasteiger partial charge in [-0.05, 0) is 57.0 Å². The molecule has 0 unspecified atom stereocenters. The van der Waals surface area contributed by atoms with E-state index in [1.165, 1.54) is 4.90 Å². The minimum Gasteiger partial charge on any atom is -0.490 e. The average molecular weight is 457 g/mol. The molecule has 0 saturated heterocycles. The third kappa shape index (κ3) is 4.39. The van der Waals surface area contributed by atoms with Crippen molar-refractivity contribution in [2.45, 2.75) is 27.7 Å². The van der Waals surface area contributed by atoms with Crippen LogP contribution in [0.5, 0.6) is 11.5 Å². The predicted octanol–water partition coefficient (Wildman–Crippen LogP) is 5.50. The molecule has 1 aliphatic heterocycles. The van der Waals surface area contributed by atoms with E-state index in [9.17, 15) is 9.59 Å². The summed E-state index contributed by atoms with van der Waals surface area (Å²) < 4.78 is 11.4. The number of hydrogen-bond donors (Lipinski definition) is 1. The van der Waals surface area contributed by atoms with Crippen LogP contribution in [-0.2, 0) is 9.59 Å². The van der Waals surface area contributed by atoms with Crippen LogP contribution < -0.4 is 19.7 Å². The van der Waals surface area contributed by atoms with Gasteiger partial charge in [0.25, 0.3) is 11.8 Å². The van der Waals surface area contributed by atoms with Gasteiger partial charge < -0.3 is 14.8 Å². The van der Waals surface area contributed by atoms with E-state index in [0.29, 0.717) is 47.2 Å². The molecule has 1 N–H and O–H groups in total. The second-order valence-electron chi connectivity index (χ2n) is 8.00. The zero-order valence-electron chi connectivity index (χ0n) is 19.8. The smallest absolute Gasteiger partial charge is 0.282 e. The number of nitrogens with one attached hydrogen (secondary N) is 1. The maximum Gasteiger partial charge on any atom is 0.282 e. The van der Waals surface area contributed by atoms with E-state index in [1.54, 1.807) is 18.2 Å². The number of aryl methyl sites for hydroxylation is 2. The molecule has 6 heteroatoms. The first-order chi connectivity index (χ1) is 16.4. The molecule has 0 aliphatic carbocycles. The number of para-hydroxylation sites is 1. The maximum absolute atomic E-state index is 13.6. The van der Waals surface area contributed by atoms with Crippen LogP contribution in [0.2, 0.25) is 0 Å². The molecule has 1 aliphatic rings. The highest BCUT2D eigenvalue weighted by Gasteiger charge is 2.40. The Morgan fingerprint density at radius 2 is 1.47 bits per heavy atom. The SMILES string of the molecule is CCOc1ccc(NC2=C(c3ccc(C)cc3)C(=O)N(c3ccccc3C)C2=O)cc1OCC. The second-order valence-corrected chi connectivity index (χ2v) is 8.00. The molecule has 4 rings (SSSR count). The van der Waals surface area contributed by atoms with Gasteiger partial charge in [0.05, 0.1) is 24.5 Å². The summed E-state index contributed by atoms with van der Waals surface area (Å²) >= 11 is 0. The number of hydrogen-bond acceptors (Lipinski definition) is 5. The van der Waals surface area contributed by atoms with Crippen molar-refractivity contribution in [1.29, 1.82) is 0 Å². The van der Waals surface area contributed by atoms with Gasteiger partial charge in [0, 0.05) is 11.8 Å². The van der Waals surface area contributed by atoms with E-state index >= 15 is 0 Å². The van der Waals surface area contributed by atoms with Crippen molar-refractivity contribution in [3.05, 3.63) is 89.1 Å². The van der Waals surface area contributed by atoms with Gasteiger partial charge in [0.2, 0.25) is 0 Å². The lowest BCUT2D eigenvalue weighted by Crippen LogP contribution is -2.33. The van der Waals surface area contributed by atoms with Crippen molar-refractivity contribution in [3.8, 4) is 11.5 Å². The van der Waals surface area contributed by atoms with Gasteiger partial charge in [0.15, 0.2) is 11.5 Å². The molecule has 3 aromatic rings. The highest BCUT2D eigenvalue weighted by Crippen LogP contribution is 2.37. The summed E-state index contributed by atoms with van der Waals surface area (Å²) in [4.78, 5) is 28.5. The van der Waals surface area contributed by atoms with Crippen LogP contribution in [0, 0.1) is 13.8 Å². The molecular formula is C28H28N2O4. The summed E-state index contributed by atoms with van der Waals surface area (Å²) in [5, 5.41) is 3.20. The second kappa shape index (κ2) is 9.83. The summed E-state index contributed by atoms with van der Waals surface area (Å²) in [6.07, 6.45) is 0. The fourth-order valence-electron chi connectivity index (χ4n) is 3.94. The van der Waals surface area contributed by atoms with Crippen molar-refractivity contribution >= 4 is 28.8 Å². The third-order valence-electron chi connectivity index (χ3n) is 5.59. The van der Waals surface area contributed by atoms with Crippen LogP contribution in [0.25, 0.3) is 5.57 Å². The highest BCUT2D eigenvalue weighted by atomic mass is 16.5. The molecule has 0 atom stereocenters. The van der Waals surface area contributed by atoms with Crippen LogP contribution >= 0.6 is 0 Å². The quantitative estimate of drug-likeness (QED) is 0.454. The lowest BCUT2D eigenvalue weighted by atomic mass is 10.0. The Morgan fingerprint density at radius 3 is 2.15 bits per heavy atom. The van der Waals surface area contributed by atoms with E-state index < -0.39 is 5.91 Å². The van der Waals surface area contributed by atoms with Crippen molar-refractivity contribution in [3.63, 3.8) is 0 Å². The van der Waals surface area contributed by atoms with Gasteiger partial charge in [-0.15, -0.1) is 0 Å². The Morgan fingerprint density at radius 1 is 0.794 bits per heavy atom. The number of carbonyl (C=O) groups is 2. The van der Waals surface area contributed by atoms with E-state index in [2.05, 4.69) is 5.32 Å². The van der Waals surface area contributed by atoms with Crippen LogP contribution in [0.4, 0.5) is 11.4 Å². The Bertz CT molecular complexity index is 1260. The lowest BCUT2D eigenvalue weighted by Gasteiger charge is -2.18. The molecule has 0 spiro atoms. The number of ether oxygens (including phenoxy) is 2. The zero-order chi connectivity index (χ0) is 24.2. The minimum absolute atomic E-state index is 0.226. The van der Waals surface area contributed by atoms with Gasteiger partial charge in [-0.1, -0.05) is 48.0 Å². The Balaban J connectivity index is 1.80. The Labute approximate surface area is 199 Å². The van der Waals surface area contributed by atoms with Gasteiger partial charge in [-0.25, -0.2) is 4.90 Å². The van der Waals surface area contributed by atoms with E-state index in [1.807, 2.05) is 76.2 Å². The monoisotopic (exact) mass is 456 g/mol. The first-order valence-corrected chi connectivity index (χ1v) is 11.4. The fraction of sp³-hybridized carbons (Fsp3) is 0.214. The summed E-state index contributed by atoms with van der Waals surface area (Å²) in [6, 6.07) is 20.3. The van der Waals surface area contributed by atoms with Gasteiger partial charge in [-0.2, -0.15) is 0 Å². The number of anilines is 2. The van der Waals surface area contributed by atoms with Crippen LogP contribution in [0.15, 0.2) is 72.4 Å². The molecule has 0 radical (unpaired) electrons. The van der Waals surface area contributed by atoms with Crippen molar-refractivity contribution in [2.75, 3.05) is 23.4 Å². The molecule has 174 valence electrons. The molecule has 3 aromatic carbocycles.